The molecular weight excluding hydrogens is 632 g/mol. The van der Waals surface area contributed by atoms with Crippen molar-refractivity contribution in [1.29, 1.82) is 0 Å². The Morgan fingerprint density at radius 2 is 1.46 bits per heavy atom. The predicted molar refractivity (Wildman–Crippen MR) is 216 cm³/mol. The monoisotopic (exact) mass is 684 g/mol. The minimum absolute atomic E-state index is 0.173. The lowest BCUT2D eigenvalue weighted by Gasteiger charge is -2.43. The van der Waals surface area contributed by atoms with Gasteiger partial charge in [0.15, 0.2) is 0 Å². The largest absolute Gasteiger partial charge is 0.404 e. The van der Waals surface area contributed by atoms with E-state index in [0.717, 1.165) is 40.3 Å². The first-order chi connectivity index (χ1) is 24.1. The van der Waals surface area contributed by atoms with E-state index in [9.17, 15) is 0 Å². The van der Waals surface area contributed by atoms with Crippen LogP contribution in [0.25, 0.3) is 0 Å². The molecule has 0 aliphatic heterocycles. The van der Waals surface area contributed by atoms with Crippen molar-refractivity contribution in [3.05, 3.63) is 190 Å². The van der Waals surface area contributed by atoms with Crippen LogP contribution in [0.3, 0.4) is 0 Å². The van der Waals surface area contributed by atoms with Gasteiger partial charge >= 0.3 is 0 Å². The Morgan fingerprint density at radius 3 is 2.02 bits per heavy atom. The van der Waals surface area contributed by atoms with Gasteiger partial charge < -0.3 is 10.6 Å². The summed E-state index contributed by atoms with van der Waals surface area (Å²) in [6.45, 7) is 10.9. The van der Waals surface area contributed by atoms with Gasteiger partial charge in [0.05, 0.1) is 6.04 Å². The fourth-order valence-corrected chi connectivity index (χ4v) is 6.59. The molecule has 0 heterocycles. The molecule has 50 heavy (non-hydrogen) atoms. The van der Waals surface area contributed by atoms with Crippen molar-refractivity contribution in [3.8, 4) is 0 Å². The van der Waals surface area contributed by atoms with E-state index in [4.69, 9.17) is 22.4 Å². The highest BCUT2D eigenvalue weighted by Gasteiger charge is 2.40. The summed E-state index contributed by atoms with van der Waals surface area (Å²) in [6.07, 6.45) is 20.2. The molecule has 0 amide bonds. The lowest BCUT2D eigenvalue weighted by atomic mass is 9.76. The number of nitrogens with two attached hydrogens (primary N) is 1. The average Bonchev–Trinajstić information content (AvgIpc) is 3.37. The minimum Gasteiger partial charge on any atom is -0.404 e. The summed E-state index contributed by atoms with van der Waals surface area (Å²) in [7, 11) is 4.20. The summed E-state index contributed by atoms with van der Waals surface area (Å²) in [4.78, 5) is 2.24. The van der Waals surface area contributed by atoms with E-state index in [1.807, 2.05) is 18.2 Å². The van der Waals surface area contributed by atoms with E-state index in [1.165, 1.54) is 22.3 Å². The number of nitrogens with zero attached hydrogens (tertiary/aromatic N) is 3. The van der Waals surface area contributed by atoms with E-state index >= 15 is 0 Å². The molecule has 0 aromatic heterocycles. The Balaban J connectivity index is 1.63. The van der Waals surface area contributed by atoms with Crippen LogP contribution in [-0.4, -0.2) is 29.7 Å². The van der Waals surface area contributed by atoms with Gasteiger partial charge in [0.2, 0.25) is 0 Å². The standard InChI is InChI=1S/C45H53ClN4/c1-8-35(3)45(41-25-14-10-15-26-41,42-27-16-11-17-28-42)50(7)48-36(4)34(2)20-18-24-40(32-47)44(39-23-19-29-43(46)31-30-39)33-49(6)37(5)38-21-12-9-13-22-38/h8-18,21-34,37H,19-20,47H2,1-7H3/b24-18-,35-8+,40-32+,44-33-,48-36-/t34?,37-/m1/s1. The number of rotatable bonds is 14. The zero-order valence-electron chi connectivity index (χ0n) is 30.7. The van der Waals surface area contributed by atoms with Crippen molar-refractivity contribution in [2.24, 2.45) is 16.8 Å². The van der Waals surface area contributed by atoms with Crippen LogP contribution in [0.4, 0.5) is 0 Å². The van der Waals surface area contributed by atoms with Crippen molar-refractivity contribution in [2.45, 2.75) is 59.0 Å². The maximum absolute atomic E-state index is 6.39. The van der Waals surface area contributed by atoms with Gasteiger partial charge in [-0.3, -0.25) is 5.01 Å². The Bertz CT molecular complexity index is 1750. The second-order valence-corrected chi connectivity index (χ2v) is 13.4. The molecule has 0 spiro atoms. The molecule has 1 unspecified atom stereocenters. The molecule has 0 saturated heterocycles. The van der Waals surface area contributed by atoms with Gasteiger partial charge in [0.25, 0.3) is 0 Å². The summed E-state index contributed by atoms with van der Waals surface area (Å²) in [5.41, 5.74) is 14.7. The highest BCUT2D eigenvalue weighted by molar-refractivity contribution is 6.31. The molecule has 0 saturated carbocycles. The van der Waals surface area contributed by atoms with Gasteiger partial charge in [-0.2, -0.15) is 5.10 Å². The third-order valence-electron chi connectivity index (χ3n) is 9.78. The number of hydrogen-bond acceptors (Lipinski definition) is 4. The van der Waals surface area contributed by atoms with E-state index in [-0.39, 0.29) is 12.0 Å². The van der Waals surface area contributed by atoms with Crippen LogP contribution in [0.15, 0.2) is 178 Å². The SMILES string of the molecule is C/C=C(\C)C(c1ccccc1)(c1ccccc1)N(C)/N=C(/C)C(C)C\C=C/C(=C\N)C(=C\N(C)[C@H](C)c1ccccc1)/C1=CCC=C(Cl)C=C1. The smallest absolute Gasteiger partial charge is 0.128 e. The quantitative estimate of drug-likeness (QED) is 0.0795. The minimum atomic E-state index is -0.552. The molecule has 0 bridgehead atoms. The molecular formula is C45H53ClN4. The van der Waals surface area contributed by atoms with E-state index in [0.29, 0.717) is 0 Å². The highest BCUT2D eigenvalue weighted by atomic mass is 35.5. The zero-order chi connectivity index (χ0) is 36.1. The molecule has 5 heteroatoms. The molecule has 4 nitrogen and oxygen atoms in total. The lowest BCUT2D eigenvalue weighted by molar-refractivity contribution is 0.202. The lowest BCUT2D eigenvalue weighted by Crippen LogP contribution is -2.43. The predicted octanol–water partition coefficient (Wildman–Crippen LogP) is 11.2. The maximum atomic E-state index is 6.39. The molecule has 260 valence electrons. The first-order valence-electron chi connectivity index (χ1n) is 17.5. The van der Waals surface area contributed by atoms with Crippen LogP contribution >= 0.6 is 11.6 Å². The highest BCUT2D eigenvalue weighted by Crippen LogP contribution is 2.42. The van der Waals surface area contributed by atoms with Crippen molar-refractivity contribution >= 4 is 17.3 Å². The Morgan fingerprint density at radius 1 is 0.880 bits per heavy atom. The fourth-order valence-electron chi connectivity index (χ4n) is 6.44. The second kappa shape index (κ2) is 18.3. The Kier molecular flexibility index (Phi) is 13.9. The van der Waals surface area contributed by atoms with Gasteiger partial charge in [-0.05, 0) is 85.9 Å². The van der Waals surface area contributed by atoms with Crippen molar-refractivity contribution in [1.82, 2.24) is 9.91 Å². The summed E-state index contributed by atoms with van der Waals surface area (Å²) in [5, 5.41) is 8.16. The molecule has 1 aliphatic carbocycles. The van der Waals surface area contributed by atoms with Gasteiger partial charge in [0.1, 0.15) is 5.54 Å². The van der Waals surface area contributed by atoms with E-state index < -0.39 is 5.54 Å². The van der Waals surface area contributed by atoms with Crippen molar-refractivity contribution < 1.29 is 0 Å². The third kappa shape index (κ3) is 9.05. The van der Waals surface area contributed by atoms with Gasteiger partial charge in [0, 0.05) is 42.8 Å². The normalized spacial score (nSPS) is 16.1. The molecule has 3 aromatic rings. The van der Waals surface area contributed by atoms with Crippen LogP contribution < -0.4 is 5.73 Å². The third-order valence-corrected chi connectivity index (χ3v) is 10.1. The van der Waals surface area contributed by atoms with Gasteiger partial charge in [-0.1, -0.05) is 146 Å². The number of hydrogen-bond donors (Lipinski definition) is 1. The van der Waals surface area contributed by atoms with Crippen LogP contribution in [-0.2, 0) is 5.54 Å². The van der Waals surface area contributed by atoms with Crippen LogP contribution in [0.5, 0.6) is 0 Å². The summed E-state index contributed by atoms with van der Waals surface area (Å²) < 4.78 is 0. The molecule has 4 rings (SSSR count). The summed E-state index contributed by atoms with van der Waals surface area (Å²) in [6, 6.07) is 32.0. The molecule has 0 fully saturated rings. The zero-order valence-corrected chi connectivity index (χ0v) is 31.5. The van der Waals surface area contributed by atoms with Gasteiger partial charge in [-0.25, -0.2) is 0 Å². The van der Waals surface area contributed by atoms with E-state index in [2.05, 4.69) is 180 Å². The number of likely N-dealkylation sites (N-methyl/N-ethyl adjacent to an activating group) is 1. The van der Waals surface area contributed by atoms with Gasteiger partial charge in [-0.15, -0.1) is 0 Å². The maximum Gasteiger partial charge on any atom is 0.128 e. The Labute approximate surface area is 306 Å². The number of hydrazone groups is 1. The van der Waals surface area contributed by atoms with Crippen molar-refractivity contribution in [2.75, 3.05) is 14.1 Å². The fraction of sp³-hybridized carbons (Fsp3) is 0.267. The second-order valence-electron chi connectivity index (χ2n) is 13.0. The number of halogens is 1. The summed E-state index contributed by atoms with van der Waals surface area (Å²) >= 11 is 6.39. The molecule has 2 N–H and O–H groups in total. The Hall–Kier alpha value is -4.80. The summed E-state index contributed by atoms with van der Waals surface area (Å²) in [5.74, 6) is 0.191. The molecule has 0 radical (unpaired) electrons. The van der Waals surface area contributed by atoms with Crippen LogP contribution in [0.1, 0.15) is 70.2 Å². The molecule has 2 atom stereocenters. The number of benzene rings is 3. The first kappa shape index (κ1) is 38.0. The average molecular weight is 685 g/mol. The van der Waals surface area contributed by atoms with E-state index in [1.54, 1.807) is 6.20 Å². The number of allylic oxidation sites excluding steroid dienone is 11. The van der Waals surface area contributed by atoms with Crippen LogP contribution in [0.2, 0.25) is 0 Å². The topological polar surface area (TPSA) is 44.9 Å². The van der Waals surface area contributed by atoms with Crippen molar-refractivity contribution in [3.63, 3.8) is 0 Å². The molecule has 1 aliphatic rings. The first-order valence-corrected chi connectivity index (χ1v) is 17.9. The van der Waals surface area contributed by atoms with Crippen LogP contribution in [0, 0.1) is 5.92 Å². The molecule has 3 aromatic carbocycles.